The van der Waals surface area contributed by atoms with E-state index in [1.807, 2.05) is 6.07 Å². The third-order valence-electron chi connectivity index (χ3n) is 4.90. The molecular weight excluding hydrogens is 338 g/mol. The lowest BCUT2D eigenvalue weighted by Crippen LogP contribution is -2.44. The summed E-state index contributed by atoms with van der Waals surface area (Å²) >= 11 is 1.02. The molecule has 0 aromatic heterocycles. The Hall–Kier alpha value is -1.86. The number of benzene rings is 1. The first kappa shape index (κ1) is 17.9. The molecule has 0 radical (unpaired) electrons. The number of amides is 3. The number of nitrogens with zero attached hydrogens (tertiary/aromatic N) is 1. The number of nitrogens with one attached hydrogen (secondary N) is 1. The molecule has 1 aromatic carbocycles. The van der Waals surface area contributed by atoms with E-state index in [1.165, 1.54) is 11.3 Å². The number of hydrogen-bond acceptors (Lipinski definition) is 5. The molecule has 1 saturated heterocycles. The van der Waals surface area contributed by atoms with Crippen molar-refractivity contribution >= 4 is 28.8 Å². The second kappa shape index (κ2) is 8.01. The smallest absolute Gasteiger partial charge is 0.289 e. The Labute approximate surface area is 151 Å². The van der Waals surface area contributed by atoms with Gasteiger partial charge < -0.3 is 11.1 Å². The van der Waals surface area contributed by atoms with E-state index in [0.717, 1.165) is 36.6 Å². The van der Waals surface area contributed by atoms with E-state index in [4.69, 9.17) is 5.73 Å². The number of hydrogen-bond donors (Lipinski definition) is 2. The van der Waals surface area contributed by atoms with Crippen LogP contribution in [0.1, 0.15) is 41.6 Å². The van der Waals surface area contributed by atoms with E-state index in [1.54, 1.807) is 18.2 Å². The summed E-state index contributed by atoms with van der Waals surface area (Å²) in [4.78, 5) is 37.3. The van der Waals surface area contributed by atoms with Crippen molar-refractivity contribution in [2.24, 2.45) is 11.7 Å². The van der Waals surface area contributed by atoms with Crippen molar-refractivity contribution in [3.63, 3.8) is 0 Å². The lowest BCUT2D eigenvalue weighted by Gasteiger charge is -2.31. The average Bonchev–Trinajstić information content (AvgIpc) is 2.94. The summed E-state index contributed by atoms with van der Waals surface area (Å²) in [6, 6.07) is 7.22. The molecule has 1 saturated carbocycles. The Bertz CT molecular complexity index is 663. The second-order valence-electron chi connectivity index (χ2n) is 6.60. The van der Waals surface area contributed by atoms with Crippen molar-refractivity contribution < 1.29 is 14.4 Å². The molecule has 2 unspecified atom stereocenters. The fraction of sp³-hybridized carbons (Fsp3) is 0.500. The van der Waals surface area contributed by atoms with E-state index in [-0.39, 0.29) is 35.4 Å². The maximum atomic E-state index is 12.6. The highest BCUT2D eigenvalue weighted by Crippen LogP contribution is 2.24. The quantitative estimate of drug-likeness (QED) is 0.838. The molecule has 3 amide bonds. The van der Waals surface area contributed by atoms with Gasteiger partial charge in [0, 0.05) is 11.6 Å². The third-order valence-corrected chi connectivity index (χ3v) is 5.76. The maximum absolute atomic E-state index is 12.6. The zero-order valence-electron chi connectivity index (χ0n) is 14.1. The van der Waals surface area contributed by atoms with Crippen LogP contribution in [0.5, 0.6) is 0 Å². The Morgan fingerprint density at radius 2 is 2.08 bits per heavy atom. The van der Waals surface area contributed by atoms with E-state index < -0.39 is 0 Å². The first-order chi connectivity index (χ1) is 12.1. The average molecular weight is 361 g/mol. The van der Waals surface area contributed by atoms with Crippen molar-refractivity contribution in [3.8, 4) is 0 Å². The minimum absolute atomic E-state index is 0.119. The van der Waals surface area contributed by atoms with Gasteiger partial charge in [0.1, 0.15) is 0 Å². The fourth-order valence-electron chi connectivity index (χ4n) is 3.46. The number of rotatable bonds is 5. The predicted molar refractivity (Wildman–Crippen MR) is 97.1 cm³/mol. The standard InChI is InChI=1S/C18H23N3O3S/c19-9-14-5-1-2-7-15(14)20-17(23)13-6-3-4-12(8-13)10-21-16(22)11-25-18(21)24/h3-4,6,8,14-15H,1-2,5,7,9-11,19H2,(H,20,23). The highest BCUT2D eigenvalue weighted by atomic mass is 32.2. The number of thioether (sulfide) groups is 1. The molecule has 1 aliphatic heterocycles. The summed E-state index contributed by atoms with van der Waals surface area (Å²) in [5.74, 6) is 0.220. The number of carbonyl (C=O) groups excluding carboxylic acids is 3. The number of imide groups is 1. The minimum Gasteiger partial charge on any atom is -0.349 e. The zero-order chi connectivity index (χ0) is 17.8. The Morgan fingerprint density at radius 3 is 2.80 bits per heavy atom. The molecule has 25 heavy (non-hydrogen) atoms. The van der Waals surface area contributed by atoms with Gasteiger partial charge in [-0.3, -0.25) is 19.3 Å². The number of nitrogens with two attached hydrogens (primary N) is 1. The van der Waals surface area contributed by atoms with E-state index in [0.29, 0.717) is 18.0 Å². The van der Waals surface area contributed by atoms with Gasteiger partial charge in [0.05, 0.1) is 12.3 Å². The highest BCUT2D eigenvalue weighted by molar-refractivity contribution is 8.14. The van der Waals surface area contributed by atoms with E-state index in [9.17, 15) is 14.4 Å². The van der Waals surface area contributed by atoms with Crippen LogP contribution < -0.4 is 11.1 Å². The molecule has 7 heteroatoms. The van der Waals surface area contributed by atoms with E-state index in [2.05, 4.69) is 5.32 Å². The molecule has 1 heterocycles. The van der Waals surface area contributed by atoms with Gasteiger partial charge >= 0.3 is 0 Å². The van der Waals surface area contributed by atoms with Gasteiger partial charge in [-0.15, -0.1) is 0 Å². The van der Waals surface area contributed by atoms with E-state index >= 15 is 0 Å². The van der Waals surface area contributed by atoms with Crippen molar-refractivity contribution in [2.75, 3.05) is 12.3 Å². The molecule has 0 bridgehead atoms. The second-order valence-corrected chi connectivity index (χ2v) is 7.52. The van der Waals surface area contributed by atoms with Crippen LogP contribution in [-0.4, -0.2) is 40.3 Å². The molecule has 134 valence electrons. The summed E-state index contributed by atoms with van der Waals surface area (Å²) in [6.07, 6.45) is 4.29. The van der Waals surface area contributed by atoms with Crippen molar-refractivity contribution in [1.29, 1.82) is 0 Å². The van der Waals surface area contributed by atoms with Crippen LogP contribution >= 0.6 is 11.8 Å². The SMILES string of the molecule is NCC1CCCCC1NC(=O)c1cccc(CN2C(=O)CSC2=O)c1. The lowest BCUT2D eigenvalue weighted by atomic mass is 9.84. The monoisotopic (exact) mass is 361 g/mol. The summed E-state index contributed by atoms with van der Waals surface area (Å²) < 4.78 is 0. The van der Waals surface area contributed by atoms with Crippen molar-refractivity contribution in [3.05, 3.63) is 35.4 Å². The zero-order valence-corrected chi connectivity index (χ0v) is 14.9. The van der Waals surface area contributed by atoms with Crippen LogP contribution in [-0.2, 0) is 11.3 Å². The van der Waals surface area contributed by atoms with Gasteiger partial charge in [-0.05, 0) is 43.0 Å². The summed E-state index contributed by atoms with van der Waals surface area (Å²) in [6.45, 7) is 0.794. The molecule has 3 rings (SSSR count). The van der Waals surface area contributed by atoms with Crippen LogP contribution in [0.3, 0.4) is 0 Å². The van der Waals surface area contributed by atoms with Crippen LogP contribution in [0.15, 0.2) is 24.3 Å². The Kier molecular flexibility index (Phi) is 5.75. The molecular formula is C18H23N3O3S. The molecule has 2 atom stereocenters. The van der Waals surface area contributed by atoms with Crippen molar-refractivity contribution in [1.82, 2.24) is 10.2 Å². The largest absolute Gasteiger partial charge is 0.349 e. The first-order valence-electron chi connectivity index (χ1n) is 8.65. The van der Waals surface area contributed by atoms with Gasteiger partial charge in [-0.2, -0.15) is 0 Å². The summed E-state index contributed by atoms with van der Waals surface area (Å²) in [5, 5.41) is 2.88. The van der Waals surface area contributed by atoms with Gasteiger partial charge in [0.15, 0.2) is 0 Å². The molecule has 6 nitrogen and oxygen atoms in total. The lowest BCUT2D eigenvalue weighted by molar-refractivity contribution is -0.125. The molecule has 3 N–H and O–H groups in total. The molecule has 2 fully saturated rings. The summed E-state index contributed by atoms with van der Waals surface area (Å²) in [7, 11) is 0. The topological polar surface area (TPSA) is 92.5 Å². The predicted octanol–water partition coefficient (Wildman–Crippen LogP) is 2.13. The first-order valence-corrected chi connectivity index (χ1v) is 9.64. The van der Waals surface area contributed by atoms with Crippen LogP contribution in [0.4, 0.5) is 4.79 Å². The highest BCUT2D eigenvalue weighted by Gasteiger charge is 2.30. The van der Waals surface area contributed by atoms with Crippen LogP contribution in [0.2, 0.25) is 0 Å². The maximum Gasteiger partial charge on any atom is 0.289 e. The molecule has 2 aliphatic rings. The minimum atomic E-state index is -0.229. The van der Waals surface area contributed by atoms with Gasteiger partial charge in [0.2, 0.25) is 5.91 Å². The molecule has 1 aromatic rings. The summed E-state index contributed by atoms with van der Waals surface area (Å²) in [5.41, 5.74) is 7.15. The number of carbonyl (C=O) groups is 3. The Morgan fingerprint density at radius 1 is 1.28 bits per heavy atom. The third kappa shape index (κ3) is 4.22. The van der Waals surface area contributed by atoms with Crippen LogP contribution in [0.25, 0.3) is 0 Å². The fourth-order valence-corrected chi connectivity index (χ4v) is 4.18. The molecule has 1 aliphatic carbocycles. The van der Waals surface area contributed by atoms with Crippen molar-refractivity contribution in [2.45, 2.75) is 38.3 Å². The van der Waals surface area contributed by atoms with Gasteiger partial charge in [-0.25, -0.2) is 0 Å². The van der Waals surface area contributed by atoms with Gasteiger partial charge in [-0.1, -0.05) is 36.7 Å². The van der Waals surface area contributed by atoms with Gasteiger partial charge in [0.25, 0.3) is 11.1 Å². The molecule has 0 spiro atoms. The van der Waals surface area contributed by atoms with Crippen LogP contribution in [0, 0.1) is 5.92 Å². The Balaban J connectivity index is 1.67. The normalized spacial score (nSPS) is 23.8.